The van der Waals surface area contributed by atoms with Gasteiger partial charge >= 0.3 is 0 Å². The summed E-state index contributed by atoms with van der Waals surface area (Å²) in [6.45, 7) is 5.68. The molecule has 1 aromatic heterocycles. The van der Waals surface area contributed by atoms with Gasteiger partial charge < -0.3 is 9.88 Å². The van der Waals surface area contributed by atoms with Gasteiger partial charge in [0.25, 0.3) is 5.91 Å². The van der Waals surface area contributed by atoms with Crippen LogP contribution in [0.1, 0.15) is 34.6 Å². The number of amides is 1. The Morgan fingerprint density at radius 1 is 1.11 bits per heavy atom. The highest BCUT2D eigenvalue weighted by Crippen LogP contribution is 2.30. The van der Waals surface area contributed by atoms with Gasteiger partial charge in [-0.2, -0.15) is 0 Å². The average molecular weight is 374 g/mol. The van der Waals surface area contributed by atoms with Crippen molar-refractivity contribution in [3.05, 3.63) is 65.5 Å². The molecule has 0 radical (unpaired) electrons. The van der Waals surface area contributed by atoms with Crippen molar-refractivity contribution in [3.8, 4) is 0 Å². The van der Waals surface area contributed by atoms with Crippen LogP contribution in [-0.4, -0.2) is 51.4 Å². The van der Waals surface area contributed by atoms with Crippen molar-refractivity contribution < 1.29 is 4.79 Å². The third kappa shape index (κ3) is 3.31. The quantitative estimate of drug-likeness (QED) is 0.762. The largest absolute Gasteiger partial charge is 0.342 e. The Kier molecular flexibility index (Phi) is 4.40. The Morgan fingerprint density at radius 2 is 1.96 bits per heavy atom. The summed E-state index contributed by atoms with van der Waals surface area (Å²) in [5.74, 6) is 1.58. The van der Waals surface area contributed by atoms with Crippen molar-refractivity contribution >= 4 is 16.9 Å². The summed E-state index contributed by atoms with van der Waals surface area (Å²) < 4.78 is 0. The van der Waals surface area contributed by atoms with Crippen LogP contribution in [0.5, 0.6) is 0 Å². The molecule has 0 aliphatic carbocycles. The molecule has 3 aromatic rings. The predicted molar refractivity (Wildman–Crippen MR) is 110 cm³/mol. The van der Waals surface area contributed by atoms with Crippen LogP contribution < -0.4 is 0 Å². The van der Waals surface area contributed by atoms with E-state index in [1.54, 1.807) is 0 Å². The number of rotatable bonds is 3. The highest BCUT2D eigenvalue weighted by molar-refractivity contribution is 5.97. The molecule has 0 saturated carbocycles. The molecule has 1 amide bonds. The number of fused-ring (bicyclic) bond motifs is 5. The van der Waals surface area contributed by atoms with E-state index in [-0.39, 0.29) is 5.91 Å². The Morgan fingerprint density at radius 3 is 2.82 bits per heavy atom. The molecule has 3 fully saturated rings. The molecule has 2 aromatic carbocycles. The standard InChI is InChI=1S/C23H26N4O/c1-16-24-21-10-8-19(11-22(21)25-16)23(28)27-14-18-7-9-20(15-27)26(13-18)12-17-5-3-2-4-6-17/h2-6,8,10-11,18,20H,7,9,12-15H2,1H3,(H,24,25)/t18-,20-/m1/s1. The minimum Gasteiger partial charge on any atom is -0.342 e. The van der Waals surface area contributed by atoms with Crippen LogP contribution in [-0.2, 0) is 6.54 Å². The maximum absolute atomic E-state index is 13.3. The minimum atomic E-state index is 0.146. The number of aryl methyl sites for hydroxylation is 1. The zero-order valence-electron chi connectivity index (χ0n) is 16.3. The lowest BCUT2D eigenvalue weighted by Gasteiger charge is -2.36. The number of imidazole rings is 1. The monoisotopic (exact) mass is 374 g/mol. The number of H-pyrrole nitrogens is 1. The van der Waals surface area contributed by atoms with Gasteiger partial charge in [0, 0.05) is 37.8 Å². The van der Waals surface area contributed by atoms with Crippen LogP contribution in [0.2, 0.25) is 0 Å². The van der Waals surface area contributed by atoms with Gasteiger partial charge in [0.1, 0.15) is 5.82 Å². The van der Waals surface area contributed by atoms with Crippen molar-refractivity contribution in [2.24, 2.45) is 5.92 Å². The lowest BCUT2D eigenvalue weighted by atomic mass is 9.94. The highest BCUT2D eigenvalue weighted by Gasteiger charge is 2.36. The summed E-state index contributed by atoms with van der Waals surface area (Å²) >= 11 is 0. The fourth-order valence-corrected chi connectivity index (χ4v) is 4.81. The molecule has 2 atom stereocenters. The van der Waals surface area contributed by atoms with E-state index in [1.165, 1.54) is 18.4 Å². The third-order valence-corrected chi connectivity index (χ3v) is 6.19. The number of aromatic nitrogens is 2. The number of nitrogens with one attached hydrogen (secondary N) is 1. The van der Waals surface area contributed by atoms with E-state index < -0.39 is 0 Å². The number of aromatic amines is 1. The zero-order valence-corrected chi connectivity index (χ0v) is 16.3. The van der Waals surface area contributed by atoms with Crippen LogP contribution >= 0.6 is 0 Å². The van der Waals surface area contributed by atoms with Crippen molar-refractivity contribution in [2.45, 2.75) is 32.4 Å². The van der Waals surface area contributed by atoms with Gasteiger partial charge in [-0.25, -0.2) is 4.98 Å². The molecule has 0 unspecified atom stereocenters. The third-order valence-electron chi connectivity index (χ3n) is 6.19. The molecule has 28 heavy (non-hydrogen) atoms. The Balaban J connectivity index is 1.35. The molecule has 5 heteroatoms. The molecule has 4 heterocycles. The van der Waals surface area contributed by atoms with Gasteiger partial charge in [-0.3, -0.25) is 9.69 Å². The first-order valence-corrected chi connectivity index (χ1v) is 10.2. The molecular weight excluding hydrogens is 348 g/mol. The lowest BCUT2D eigenvalue weighted by molar-refractivity contribution is 0.0736. The number of hydrogen-bond acceptors (Lipinski definition) is 3. The Bertz CT molecular complexity index is 996. The molecule has 3 aliphatic rings. The zero-order chi connectivity index (χ0) is 19.1. The molecule has 1 N–H and O–H groups in total. The summed E-state index contributed by atoms with van der Waals surface area (Å²) in [5, 5.41) is 0. The average Bonchev–Trinajstić information content (AvgIpc) is 2.86. The van der Waals surface area contributed by atoms with E-state index in [0.29, 0.717) is 12.0 Å². The van der Waals surface area contributed by atoms with Crippen LogP contribution in [0.4, 0.5) is 0 Å². The number of carbonyl (C=O) groups is 1. The fourth-order valence-electron chi connectivity index (χ4n) is 4.81. The van der Waals surface area contributed by atoms with Crippen molar-refractivity contribution in [1.29, 1.82) is 0 Å². The van der Waals surface area contributed by atoms with Gasteiger partial charge in [0.2, 0.25) is 0 Å². The molecule has 5 nitrogen and oxygen atoms in total. The minimum absolute atomic E-state index is 0.146. The normalized spacial score (nSPS) is 22.5. The highest BCUT2D eigenvalue weighted by atomic mass is 16.2. The van der Waals surface area contributed by atoms with Gasteiger partial charge in [0.15, 0.2) is 0 Å². The Hall–Kier alpha value is -2.66. The van der Waals surface area contributed by atoms with Gasteiger partial charge in [-0.05, 0) is 49.4 Å². The van der Waals surface area contributed by atoms with Crippen LogP contribution in [0.15, 0.2) is 48.5 Å². The summed E-state index contributed by atoms with van der Waals surface area (Å²) in [6, 6.07) is 16.9. The Labute approximate surface area is 165 Å². The molecule has 2 bridgehead atoms. The lowest BCUT2D eigenvalue weighted by Crippen LogP contribution is -2.43. The maximum atomic E-state index is 13.3. The van der Waals surface area contributed by atoms with Crippen molar-refractivity contribution in [1.82, 2.24) is 19.8 Å². The fraction of sp³-hybridized carbons (Fsp3) is 0.391. The van der Waals surface area contributed by atoms with E-state index in [0.717, 1.165) is 48.6 Å². The maximum Gasteiger partial charge on any atom is 0.253 e. The predicted octanol–water partition coefficient (Wildman–Crippen LogP) is 3.61. The number of piperidine rings is 1. The van der Waals surface area contributed by atoms with E-state index in [4.69, 9.17) is 0 Å². The van der Waals surface area contributed by atoms with Gasteiger partial charge in [-0.15, -0.1) is 0 Å². The van der Waals surface area contributed by atoms with Crippen LogP contribution in [0.3, 0.4) is 0 Å². The van der Waals surface area contributed by atoms with Crippen LogP contribution in [0.25, 0.3) is 11.0 Å². The summed E-state index contributed by atoms with van der Waals surface area (Å²) in [6.07, 6.45) is 2.40. The number of benzene rings is 2. The SMILES string of the molecule is Cc1nc2ccc(C(=O)N3C[C@@H]4CC[C@H](C3)N(Cc3ccccc3)C4)cc2[nH]1. The topological polar surface area (TPSA) is 52.2 Å². The van der Waals surface area contributed by atoms with Crippen molar-refractivity contribution in [2.75, 3.05) is 19.6 Å². The molecule has 3 saturated heterocycles. The second-order valence-electron chi connectivity index (χ2n) is 8.28. The first-order chi connectivity index (χ1) is 13.7. The number of carbonyl (C=O) groups excluding carboxylic acids is 1. The second-order valence-corrected chi connectivity index (χ2v) is 8.28. The van der Waals surface area contributed by atoms with Crippen LogP contribution in [0, 0.1) is 12.8 Å². The molecule has 3 aliphatic heterocycles. The number of nitrogens with zero attached hydrogens (tertiary/aromatic N) is 3. The second kappa shape index (κ2) is 7.06. The molecule has 6 rings (SSSR count). The molecule has 0 spiro atoms. The van der Waals surface area contributed by atoms with E-state index >= 15 is 0 Å². The van der Waals surface area contributed by atoms with E-state index in [2.05, 4.69) is 50.1 Å². The van der Waals surface area contributed by atoms with E-state index in [1.807, 2.05) is 25.1 Å². The number of hydrogen-bond donors (Lipinski definition) is 1. The first-order valence-electron chi connectivity index (χ1n) is 10.2. The first kappa shape index (κ1) is 17.4. The molecule has 144 valence electrons. The van der Waals surface area contributed by atoms with Gasteiger partial charge in [0.05, 0.1) is 11.0 Å². The van der Waals surface area contributed by atoms with Crippen molar-refractivity contribution in [3.63, 3.8) is 0 Å². The van der Waals surface area contributed by atoms with E-state index in [9.17, 15) is 4.79 Å². The molecular formula is C23H26N4O. The smallest absolute Gasteiger partial charge is 0.253 e. The van der Waals surface area contributed by atoms with Gasteiger partial charge in [-0.1, -0.05) is 30.3 Å². The summed E-state index contributed by atoms with van der Waals surface area (Å²) in [7, 11) is 0. The summed E-state index contributed by atoms with van der Waals surface area (Å²) in [5.41, 5.74) is 3.96. The summed E-state index contributed by atoms with van der Waals surface area (Å²) in [4.78, 5) is 25.6.